The molecule has 0 amide bonds. The molecule has 4 saturated heterocycles. The van der Waals surface area contributed by atoms with Crippen LogP contribution in [-0.2, 0) is 23.8 Å². The molecule has 140 valence electrons. The van der Waals surface area contributed by atoms with Crippen LogP contribution >= 0.6 is 0 Å². The molecule has 0 aromatic rings. The predicted molar refractivity (Wildman–Crippen MR) is 87.0 cm³/mol. The van der Waals surface area contributed by atoms with Crippen LogP contribution in [0.1, 0.15) is 46.5 Å². The Hall–Kier alpha value is -1.18. The lowest BCUT2D eigenvalue weighted by molar-refractivity contribution is -0.882. The Morgan fingerprint density at radius 1 is 1.20 bits per heavy atom. The molecule has 4 rings (SSSR count). The number of ether oxygens (including phenoxy) is 3. The highest BCUT2D eigenvalue weighted by Gasteiger charge is 2.58. The maximum absolute atomic E-state index is 13.0. The van der Waals surface area contributed by atoms with E-state index in [2.05, 4.69) is 0 Å². The molecule has 0 saturated carbocycles. The summed E-state index contributed by atoms with van der Waals surface area (Å²) in [5.74, 6) is -0.844. The standard InChI is InChI=1S/C18H27NO6/c1-11-8-17(2)9-14(20)24-13-5-7-19(22)6-4-12(15(13)19)10-23-16(21)18(11,3)25-17/h11-13,15H,4-10H2,1-3H3/t11-,12-,13-,15-,17-,18-,19-/m1/s1. The van der Waals surface area contributed by atoms with Gasteiger partial charge in [0.1, 0.15) is 12.6 Å². The fourth-order valence-corrected chi connectivity index (χ4v) is 5.47. The lowest BCUT2D eigenvalue weighted by atomic mass is 9.86. The number of rotatable bonds is 0. The van der Waals surface area contributed by atoms with E-state index in [0.29, 0.717) is 32.4 Å². The van der Waals surface area contributed by atoms with Crippen molar-refractivity contribution in [1.29, 1.82) is 0 Å². The molecule has 4 aliphatic heterocycles. The van der Waals surface area contributed by atoms with Crippen molar-refractivity contribution in [3.63, 3.8) is 0 Å². The molecule has 7 nitrogen and oxygen atoms in total. The number of carbonyl (C=O) groups is 2. The molecular weight excluding hydrogens is 326 g/mol. The van der Waals surface area contributed by atoms with Crippen molar-refractivity contribution in [3.8, 4) is 0 Å². The van der Waals surface area contributed by atoms with Crippen molar-refractivity contribution in [3.05, 3.63) is 5.21 Å². The SMILES string of the molecule is C[C@@H]1C[C@]2(C)CC(=O)O[C@@H]3CC[N@+]4([O-])CC[C@H](COC(=O)[C@]1(C)O2)[C@H]34. The molecule has 7 atom stereocenters. The highest BCUT2D eigenvalue weighted by molar-refractivity contribution is 5.80. The van der Waals surface area contributed by atoms with Crippen LogP contribution in [0.3, 0.4) is 0 Å². The van der Waals surface area contributed by atoms with Crippen LogP contribution in [-0.4, -0.2) is 59.6 Å². The smallest absolute Gasteiger partial charge is 0.338 e. The lowest BCUT2D eigenvalue weighted by Crippen LogP contribution is -2.50. The summed E-state index contributed by atoms with van der Waals surface area (Å²) >= 11 is 0. The Balaban J connectivity index is 1.65. The van der Waals surface area contributed by atoms with Crippen LogP contribution in [0.4, 0.5) is 0 Å². The number of fused-ring (bicyclic) bond motifs is 2. The number of nitrogens with zero attached hydrogens (tertiary/aromatic N) is 1. The average Bonchev–Trinajstić information content (AvgIpc) is 3.07. The average molecular weight is 353 g/mol. The summed E-state index contributed by atoms with van der Waals surface area (Å²) in [5.41, 5.74) is -1.81. The monoisotopic (exact) mass is 353 g/mol. The molecule has 0 spiro atoms. The quantitative estimate of drug-likeness (QED) is 0.373. The molecule has 4 aliphatic rings. The number of hydrogen-bond donors (Lipinski definition) is 0. The maximum Gasteiger partial charge on any atom is 0.338 e. The Kier molecular flexibility index (Phi) is 3.73. The maximum atomic E-state index is 13.0. The molecular formula is C18H27NO6. The van der Waals surface area contributed by atoms with Gasteiger partial charge in [-0.05, 0) is 26.2 Å². The van der Waals surface area contributed by atoms with Gasteiger partial charge in [-0.25, -0.2) is 4.79 Å². The molecule has 25 heavy (non-hydrogen) atoms. The second-order valence-corrected chi connectivity index (χ2v) is 8.80. The van der Waals surface area contributed by atoms with E-state index in [9.17, 15) is 14.8 Å². The number of carbonyl (C=O) groups excluding carboxylic acids is 2. The zero-order valence-electron chi connectivity index (χ0n) is 15.2. The van der Waals surface area contributed by atoms with Crippen molar-refractivity contribution in [1.82, 2.24) is 0 Å². The predicted octanol–water partition coefficient (Wildman–Crippen LogP) is 1.53. The summed E-state index contributed by atoms with van der Waals surface area (Å²) in [6.45, 7) is 6.70. The van der Waals surface area contributed by atoms with E-state index in [1.807, 2.05) is 13.8 Å². The minimum absolute atomic E-state index is 0.0592. The molecule has 2 bridgehead atoms. The van der Waals surface area contributed by atoms with E-state index >= 15 is 0 Å². The summed E-state index contributed by atoms with van der Waals surface area (Å²) in [5, 5.41) is 13.0. The van der Waals surface area contributed by atoms with Gasteiger partial charge in [0.05, 0.1) is 31.0 Å². The minimum atomic E-state index is -1.06. The second-order valence-electron chi connectivity index (χ2n) is 8.80. The summed E-state index contributed by atoms with van der Waals surface area (Å²) in [6, 6.07) is -0.312. The van der Waals surface area contributed by atoms with Gasteiger partial charge in [0.2, 0.25) is 0 Å². The van der Waals surface area contributed by atoms with Crippen LogP contribution in [0.2, 0.25) is 0 Å². The summed E-state index contributed by atoms with van der Waals surface area (Å²) in [6.07, 6.45) is 1.57. The van der Waals surface area contributed by atoms with Crippen molar-refractivity contribution < 1.29 is 28.4 Å². The molecule has 4 fully saturated rings. The first-order chi connectivity index (χ1) is 11.7. The van der Waals surface area contributed by atoms with Crippen LogP contribution in [0.15, 0.2) is 0 Å². The molecule has 0 aromatic carbocycles. The fourth-order valence-electron chi connectivity index (χ4n) is 5.47. The third-order valence-corrected chi connectivity index (χ3v) is 6.85. The van der Waals surface area contributed by atoms with Crippen molar-refractivity contribution >= 4 is 11.9 Å². The Labute approximate surface area is 147 Å². The van der Waals surface area contributed by atoms with E-state index in [1.54, 1.807) is 6.92 Å². The first kappa shape index (κ1) is 17.2. The first-order valence-electron chi connectivity index (χ1n) is 9.30. The Morgan fingerprint density at radius 3 is 2.68 bits per heavy atom. The molecule has 0 radical (unpaired) electrons. The fraction of sp³-hybridized carbons (Fsp3) is 0.889. The number of quaternary nitrogens is 1. The van der Waals surface area contributed by atoms with E-state index < -0.39 is 11.2 Å². The second kappa shape index (κ2) is 5.41. The summed E-state index contributed by atoms with van der Waals surface area (Å²) < 4.78 is 17.1. The normalized spacial score (nSPS) is 52.8. The topological polar surface area (TPSA) is 84.9 Å². The third kappa shape index (κ3) is 2.59. The number of hydroxylamine groups is 3. The van der Waals surface area contributed by atoms with Gasteiger partial charge in [-0.2, -0.15) is 0 Å². The zero-order chi connectivity index (χ0) is 18.0. The van der Waals surface area contributed by atoms with Crippen molar-refractivity contribution in [2.45, 2.75) is 69.8 Å². The minimum Gasteiger partial charge on any atom is -0.632 e. The van der Waals surface area contributed by atoms with E-state index in [1.165, 1.54) is 0 Å². The van der Waals surface area contributed by atoms with Crippen LogP contribution in [0.25, 0.3) is 0 Å². The molecule has 0 aliphatic carbocycles. The number of esters is 2. The van der Waals surface area contributed by atoms with E-state index in [0.717, 1.165) is 0 Å². The van der Waals surface area contributed by atoms with Gasteiger partial charge in [-0.1, -0.05) is 6.92 Å². The van der Waals surface area contributed by atoms with Crippen molar-refractivity contribution in [2.75, 3.05) is 19.7 Å². The van der Waals surface area contributed by atoms with Gasteiger partial charge in [0.15, 0.2) is 11.7 Å². The molecule has 4 heterocycles. The molecule has 0 N–H and O–H groups in total. The van der Waals surface area contributed by atoms with Gasteiger partial charge in [-0.3, -0.25) is 4.79 Å². The van der Waals surface area contributed by atoms with Crippen LogP contribution in [0.5, 0.6) is 0 Å². The summed E-state index contributed by atoms with van der Waals surface area (Å²) in [4.78, 5) is 25.3. The number of cyclic esters (lactones) is 1. The third-order valence-electron chi connectivity index (χ3n) is 6.85. The van der Waals surface area contributed by atoms with E-state index in [-0.39, 0.29) is 53.6 Å². The number of hydrogen-bond acceptors (Lipinski definition) is 6. The molecule has 7 heteroatoms. The van der Waals surface area contributed by atoms with E-state index in [4.69, 9.17) is 14.2 Å². The van der Waals surface area contributed by atoms with Crippen molar-refractivity contribution in [2.24, 2.45) is 11.8 Å². The summed E-state index contributed by atoms with van der Waals surface area (Å²) in [7, 11) is 0. The highest BCUT2D eigenvalue weighted by Crippen LogP contribution is 2.46. The van der Waals surface area contributed by atoms with Gasteiger partial charge in [0.25, 0.3) is 0 Å². The Bertz CT molecular complexity index is 610. The lowest BCUT2D eigenvalue weighted by Gasteiger charge is -2.41. The van der Waals surface area contributed by atoms with Gasteiger partial charge in [-0.15, -0.1) is 0 Å². The van der Waals surface area contributed by atoms with Crippen LogP contribution < -0.4 is 0 Å². The molecule has 0 aromatic heterocycles. The van der Waals surface area contributed by atoms with Gasteiger partial charge < -0.3 is 24.1 Å². The molecule has 0 unspecified atom stereocenters. The Morgan fingerprint density at radius 2 is 1.92 bits per heavy atom. The zero-order valence-corrected chi connectivity index (χ0v) is 15.2. The highest BCUT2D eigenvalue weighted by atomic mass is 16.6. The van der Waals surface area contributed by atoms with Gasteiger partial charge >= 0.3 is 11.9 Å². The van der Waals surface area contributed by atoms with Crippen LogP contribution in [0, 0.1) is 17.0 Å². The first-order valence-corrected chi connectivity index (χ1v) is 9.30. The van der Waals surface area contributed by atoms with Gasteiger partial charge in [0, 0.05) is 12.8 Å². The largest absolute Gasteiger partial charge is 0.632 e.